The van der Waals surface area contributed by atoms with Crippen molar-refractivity contribution in [2.24, 2.45) is 0 Å². The number of hydrogen-bond donors (Lipinski definition) is 2. The maximum Gasteiger partial charge on any atom is 0.291 e. The SMILES string of the molecule is CCCCCCCCCCCCNCCCCCCCCCCC.O=[N+]([O-])O. The fourth-order valence-corrected chi connectivity index (χ4v) is 3.42. The van der Waals surface area contributed by atoms with Gasteiger partial charge in [-0.2, -0.15) is 0 Å². The van der Waals surface area contributed by atoms with Gasteiger partial charge in [-0.1, -0.05) is 123 Å². The largest absolute Gasteiger partial charge is 0.328 e. The van der Waals surface area contributed by atoms with Crippen molar-refractivity contribution in [2.45, 2.75) is 136 Å². The standard InChI is InChI=1S/C23H49N.HNO3/c1-3-5-7-9-11-13-15-17-19-21-23-24-22-20-18-16-14-12-10-8-6-4-2;2-1(3)4/h24H,3-23H2,1-2H3;(H,2,3,4). The summed E-state index contributed by atoms with van der Waals surface area (Å²) in [6.45, 7) is 7.08. The van der Waals surface area contributed by atoms with E-state index in [1.807, 2.05) is 0 Å². The van der Waals surface area contributed by atoms with E-state index in [9.17, 15) is 0 Å². The summed E-state index contributed by atoms with van der Waals surface area (Å²) in [4.78, 5) is 8.36. The third kappa shape index (κ3) is 36.1. The number of rotatable bonds is 21. The first-order valence-electron chi connectivity index (χ1n) is 12.2. The second-order valence-electron chi connectivity index (χ2n) is 8.00. The van der Waals surface area contributed by atoms with E-state index in [2.05, 4.69) is 19.2 Å². The molecule has 170 valence electrons. The van der Waals surface area contributed by atoms with Crippen molar-refractivity contribution >= 4 is 0 Å². The van der Waals surface area contributed by atoms with Crippen LogP contribution in [-0.2, 0) is 0 Å². The molecule has 0 radical (unpaired) electrons. The molecule has 0 aliphatic carbocycles. The first kappa shape index (κ1) is 29.4. The first-order valence-corrected chi connectivity index (χ1v) is 12.2. The second-order valence-corrected chi connectivity index (χ2v) is 8.00. The fourth-order valence-electron chi connectivity index (χ4n) is 3.42. The molecule has 0 fully saturated rings. The molecule has 0 aliphatic rings. The zero-order valence-corrected chi connectivity index (χ0v) is 19.1. The van der Waals surface area contributed by atoms with Crippen LogP contribution in [-0.4, -0.2) is 23.4 Å². The van der Waals surface area contributed by atoms with Crippen LogP contribution in [0.25, 0.3) is 0 Å². The van der Waals surface area contributed by atoms with Gasteiger partial charge in [0.05, 0.1) is 0 Å². The number of nitrogens with one attached hydrogen (secondary N) is 1. The van der Waals surface area contributed by atoms with Gasteiger partial charge in [0.15, 0.2) is 0 Å². The Labute approximate surface area is 175 Å². The Morgan fingerprint density at radius 2 is 0.786 bits per heavy atom. The van der Waals surface area contributed by atoms with Gasteiger partial charge in [0.25, 0.3) is 5.09 Å². The molecule has 0 bridgehead atoms. The van der Waals surface area contributed by atoms with Gasteiger partial charge in [0, 0.05) is 0 Å². The van der Waals surface area contributed by atoms with Gasteiger partial charge in [-0.25, -0.2) is 0 Å². The average molecular weight is 403 g/mol. The summed E-state index contributed by atoms with van der Waals surface area (Å²) in [7, 11) is 0. The molecule has 0 aliphatic heterocycles. The topological polar surface area (TPSA) is 75.4 Å². The highest BCUT2D eigenvalue weighted by Crippen LogP contribution is 2.11. The third-order valence-corrected chi connectivity index (χ3v) is 5.16. The lowest BCUT2D eigenvalue weighted by molar-refractivity contribution is -0.742. The highest BCUT2D eigenvalue weighted by Gasteiger charge is 1.94. The molecule has 5 heteroatoms. The Kier molecular flexibility index (Phi) is 29.8. The van der Waals surface area contributed by atoms with Crippen LogP contribution in [0.15, 0.2) is 0 Å². The van der Waals surface area contributed by atoms with Crippen molar-refractivity contribution in [1.29, 1.82) is 0 Å². The Balaban J connectivity index is 0. The number of hydrogen-bond acceptors (Lipinski definition) is 3. The lowest BCUT2D eigenvalue weighted by Crippen LogP contribution is -2.16. The molecular weight excluding hydrogens is 352 g/mol. The van der Waals surface area contributed by atoms with Crippen molar-refractivity contribution in [3.63, 3.8) is 0 Å². The molecule has 0 amide bonds. The molecule has 0 rings (SSSR count). The third-order valence-electron chi connectivity index (χ3n) is 5.16. The van der Waals surface area contributed by atoms with E-state index in [0.29, 0.717) is 0 Å². The van der Waals surface area contributed by atoms with Crippen molar-refractivity contribution in [3.8, 4) is 0 Å². The van der Waals surface area contributed by atoms with E-state index in [0.717, 1.165) is 0 Å². The van der Waals surface area contributed by atoms with Crippen LogP contribution in [0.1, 0.15) is 136 Å². The summed E-state index contributed by atoms with van der Waals surface area (Å²) in [5, 5.41) is 17.3. The molecule has 0 aromatic rings. The summed E-state index contributed by atoms with van der Waals surface area (Å²) >= 11 is 0. The molecule has 28 heavy (non-hydrogen) atoms. The molecule has 2 N–H and O–H groups in total. The van der Waals surface area contributed by atoms with Crippen LogP contribution in [0.3, 0.4) is 0 Å². The minimum absolute atomic E-state index is 1.24. The van der Waals surface area contributed by atoms with Gasteiger partial charge < -0.3 is 10.5 Å². The van der Waals surface area contributed by atoms with E-state index in [-0.39, 0.29) is 0 Å². The Hall–Kier alpha value is -0.840. The van der Waals surface area contributed by atoms with Crippen molar-refractivity contribution < 1.29 is 10.3 Å². The van der Waals surface area contributed by atoms with Gasteiger partial charge in [0.2, 0.25) is 0 Å². The zero-order chi connectivity index (χ0) is 21.1. The summed E-state index contributed by atoms with van der Waals surface area (Å²) in [6.07, 6.45) is 27.3. The smallest absolute Gasteiger partial charge is 0.291 e. The maximum atomic E-state index is 8.36. The molecule has 0 saturated carbocycles. The van der Waals surface area contributed by atoms with Crippen LogP contribution >= 0.6 is 0 Å². The highest BCUT2D eigenvalue weighted by atomic mass is 16.9. The average Bonchev–Trinajstić information content (AvgIpc) is 2.66. The van der Waals surface area contributed by atoms with Gasteiger partial charge in [0.1, 0.15) is 0 Å². The molecule has 5 nitrogen and oxygen atoms in total. The van der Waals surface area contributed by atoms with Gasteiger partial charge in [-0.05, 0) is 25.9 Å². The predicted molar refractivity (Wildman–Crippen MR) is 121 cm³/mol. The van der Waals surface area contributed by atoms with Crippen LogP contribution in [0.5, 0.6) is 0 Å². The highest BCUT2D eigenvalue weighted by molar-refractivity contribution is 4.52. The zero-order valence-electron chi connectivity index (χ0n) is 19.1. The predicted octanol–water partition coefficient (Wildman–Crippen LogP) is 7.68. The van der Waals surface area contributed by atoms with E-state index in [4.69, 9.17) is 15.3 Å². The van der Waals surface area contributed by atoms with Gasteiger partial charge >= 0.3 is 0 Å². The summed E-state index contributed by atoms with van der Waals surface area (Å²) in [5.74, 6) is 0. The van der Waals surface area contributed by atoms with Crippen LogP contribution in [0, 0.1) is 10.1 Å². The minimum Gasteiger partial charge on any atom is -0.328 e. The van der Waals surface area contributed by atoms with Crippen LogP contribution < -0.4 is 5.32 Å². The Bertz CT molecular complexity index is 263. The number of unbranched alkanes of at least 4 members (excludes halogenated alkanes) is 17. The second kappa shape index (κ2) is 28.4. The lowest BCUT2D eigenvalue weighted by Gasteiger charge is -2.05. The van der Waals surface area contributed by atoms with Crippen molar-refractivity contribution in [2.75, 3.05) is 13.1 Å². The molecule has 0 unspecified atom stereocenters. The van der Waals surface area contributed by atoms with E-state index < -0.39 is 5.09 Å². The monoisotopic (exact) mass is 402 g/mol. The molecule has 0 atom stereocenters. The minimum atomic E-state index is -1.50. The molecule has 0 spiro atoms. The lowest BCUT2D eigenvalue weighted by atomic mass is 10.1. The van der Waals surface area contributed by atoms with Crippen LogP contribution in [0.4, 0.5) is 0 Å². The normalized spacial score (nSPS) is 10.5. The van der Waals surface area contributed by atoms with Gasteiger partial charge in [-0.3, -0.25) is 0 Å². The molecule has 0 aromatic carbocycles. The van der Waals surface area contributed by atoms with E-state index >= 15 is 0 Å². The van der Waals surface area contributed by atoms with E-state index in [1.54, 1.807) is 0 Å². The van der Waals surface area contributed by atoms with Crippen molar-refractivity contribution in [3.05, 3.63) is 10.1 Å². The maximum absolute atomic E-state index is 8.36. The summed E-state index contributed by atoms with van der Waals surface area (Å²) < 4.78 is 0. The molecular formula is C23H50N2O3. The molecule has 0 aromatic heterocycles. The Morgan fingerprint density at radius 1 is 0.571 bits per heavy atom. The summed E-state index contributed by atoms with van der Waals surface area (Å²) in [6, 6.07) is 0. The summed E-state index contributed by atoms with van der Waals surface area (Å²) in [5.41, 5.74) is 0. The van der Waals surface area contributed by atoms with Gasteiger partial charge in [-0.15, -0.1) is 10.1 Å². The van der Waals surface area contributed by atoms with E-state index in [1.165, 1.54) is 135 Å². The van der Waals surface area contributed by atoms with Crippen molar-refractivity contribution in [1.82, 2.24) is 5.32 Å². The van der Waals surface area contributed by atoms with Crippen LogP contribution in [0.2, 0.25) is 0 Å². The Morgan fingerprint density at radius 3 is 1.04 bits per heavy atom. The first-order chi connectivity index (χ1) is 13.6. The number of nitrogens with zero attached hydrogens (tertiary/aromatic N) is 1. The molecule has 0 heterocycles. The quantitative estimate of drug-likeness (QED) is 0.117. The fraction of sp³-hybridized carbons (Fsp3) is 1.00. The molecule has 0 saturated heterocycles.